The van der Waals surface area contributed by atoms with E-state index in [1.807, 2.05) is 32.0 Å². The zero-order valence-corrected chi connectivity index (χ0v) is 14.5. The van der Waals surface area contributed by atoms with Crippen LogP contribution in [0.3, 0.4) is 0 Å². The molecule has 1 saturated heterocycles. The van der Waals surface area contributed by atoms with Crippen LogP contribution in [0.25, 0.3) is 0 Å². The van der Waals surface area contributed by atoms with Crippen molar-refractivity contribution in [1.82, 2.24) is 4.90 Å². The molecule has 1 fully saturated rings. The quantitative estimate of drug-likeness (QED) is 0.874. The molecule has 1 aromatic rings. The molecule has 5 heteroatoms. The molecule has 1 aromatic carbocycles. The molecule has 1 aliphatic rings. The molecule has 2 rings (SSSR count). The summed E-state index contributed by atoms with van der Waals surface area (Å²) in [7, 11) is 0. The Kier molecular flexibility index (Phi) is 7.17. The molecule has 1 unspecified atom stereocenters. The Balaban J connectivity index is 0.00000242. The fourth-order valence-corrected chi connectivity index (χ4v) is 2.63. The van der Waals surface area contributed by atoms with Gasteiger partial charge in [-0.05, 0) is 31.4 Å². The molecule has 1 amide bonds. The predicted molar refractivity (Wildman–Crippen MR) is 91.7 cm³/mol. The Morgan fingerprint density at radius 1 is 1.36 bits per heavy atom. The summed E-state index contributed by atoms with van der Waals surface area (Å²) in [6, 6.07) is 5.77. The number of aryl methyl sites for hydroxylation is 2. The van der Waals surface area contributed by atoms with Gasteiger partial charge >= 0.3 is 0 Å². The van der Waals surface area contributed by atoms with Crippen molar-refractivity contribution < 1.29 is 9.53 Å². The van der Waals surface area contributed by atoms with Crippen LogP contribution in [0.5, 0.6) is 5.75 Å². The molecule has 124 valence electrons. The minimum absolute atomic E-state index is 0. The summed E-state index contributed by atoms with van der Waals surface area (Å²) in [5.41, 5.74) is 8.20. The van der Waals surface area contributed by atoms with Crippen molar-refractivity contribution in [3.63, 3.8) is 0 Å². The van der Waals surface area contributed by atoms with Gasteiger partial charge in [0.2, 0.25) is 5.91 Å². The molecule has 0 aliphatic carbocycles. The van der Waals surface area contributed by atoms with E-state index in [0.29, 0.717) is 13.1 Å². The van der Waals surface area contributed by atoms with Crippen LogP contribution >= 0.6 is 12.4 Å². The Morgan fingerprint density at radius 2 is 1.95 bits per heavy atom. The third-order valence-corrected chi connectivity index (χ3v) is 4.04. The number of ether oxygens (including phenoxy) is 1. The van der Waals surface area contributed by atoms with E-state index in [-0.39, 0.29) is 30.5 Å². The highest BCUT2D eigenvalue weighted by Gasteiger charge is 2.34. The van der Waals surface area contributed by atoms with Crippen LogP contribution in [-0.4, -0.2) is 36.0 Å². The Hall–Kier alpha value is -1.26. The van der Waals surface area contributed by atoms with Crippen LogP contribution in [0.15, 0.2) is 18.2 Å². The molecule has 22 heavy (non-hydrogen) atoms. The maximum absolute atomic E-state index is 12.1. The predicted octanol–water partition coefficient (Wildman–Crippen LogP) is 2.83. The summed E-state index contributed by atoms with van der Waals surface area (Å²) in [4.78, 5) is 13.9. The van der Waals surface area contributed by atoms with Crippen LogP contribution in [0, 0.1) is 13.8 Å². The van der Waals surface area contributed by atoms with Crippen LogP contribution in [0.2, 0.25) is 0 Å². The first kappa shape index (κ1) is 18.8. The molecule has 0 aromatic heterocycles. The first-order chi connectivity index (χ1) is 10.0. The van der Waals surface area contributed by atoms with Crippen molar-refractivity contribution in [2.45, 2.75) is 52.2 Å². The lowest BCUT2D eigenvalue weighted by atomic mass is 10.1. The van der Waals surface area contributed by atoms with Gasteiger partial charge in [-0.2, -0.15) is 0 Å². The van der Waals surface area contributed by atoms with Gasteiger partial charge in [-0.1, -0.05) is 38.0 Å². The minimum atomic E-state index is -0.355. The summed E-state index contributed by atoms with van der Waals surface area (Å²) in [5, 5.41) is 0. The fourth-order valence-electron chi connectivity index (χ4n) is 2.63. The molecule has 1 atom stereocenters. The second-order valence-corrected chi connectivity index (χ2v) is 5.95. The first-order valence-electron chi connectivity index (χ1n) is 7.80. The lowest BCUT2D eigenvalue weighted by Gasteiger charge is -2.40. The number of carbonyl (C=O) groups excluding carboxylic acids is 1. The van der Waals surface area contributed by atoms with Gasteiger partial charge < -0.3 is 15.4 Å². The third kappa shape index (κ3) is 4.37. The molecular formula is C17H27ClN2O2. The van der Waals surface area contributed by atoms with Gasteiger partial charge in [0.1, 0.15) is 11.9 Å². The summed E-state index contributed by atoms with van der Waals surface area (Å²) in [6.07, 6.45) is 2.93. The highest BCUT2D eigenvalue weighted by atomic mass is 35.5. The molecule has 0 saturated carbocycles. The van der Waals surface area contributed by atoms with E-state index in [0.717, 1.165) is 36.1 Å². The van der Waals surface area contributed by atoms with Crippen molar-refractivity contribution in [2.24, 2.45) is 5.73 Å². The molecule has 0 spiro atoms. The van der Waals surface area contributed by atoms with Gasteiger partial charge in [0.05, 0.1) is 19.1 Å². The molecule has 0 radical (unpaired) electrons. The standard InChI is InChI=1S/C17H26N2O2.ClH/c1-4-5-9-15(18)17(20)19-10-14(11-19)21-16-12(2)7-6-8-13(16)3;/h6-8,14-15H,4-5,9-11,18H2,1-3H3;1H. The van der Waals surface area contributed by atoms with Gasteiger partial charge in [-0.3, -0.25) is 4.79 Å². The van der Waals surface area contributed by atoms with Gasteiger partial charge in [-0.15, -0.1) is 12.4 Å². The highest BCUT2D eigenvalue weighted by Crippen LogP contribution is 2.26. The molecule has 4 nitrogen and oxygen atoms in total. The zero-order chi connectivity index (χ0) is 15.4. The zero-order valence-electron chi connectivity index (χ0n) is 13.7. The molecule has 0 bridgehead atoms. The lowest BCUT2D eigenvalue weighted by Crippen LogP contribution is -2.59. The van der Waals surface area contributed by atoms with Crippen LogP contribution in [0.1, 0.15) is 37.3 Å². The van der Waals surface area contributed by atoms with Crippen LogP contribution in [-0.2, 0) is 4.79 Å². The number of hydrogen-bond donors (Lipinski definition) is 1. The number of hydrogen-bond acceptors (Lipinski definition) is 3. The second-order valence-electron chi connectivity index (χ2n) is 5.95. The minimum Gasteiger partial charge on any atom is -0.486 e. The topological polar surface area (TPSA) is 55.6 Å². The average Bonchev–Trinajstić information content (AvgIpc) is 2.41. The van der Waals surface area contributed by atoms with Crippen LogP contribution < -0.4 is 10.5 Å². The highest BCUT2D eigenvalue weighted by molar-refractivity contribution is 5.85. The van der Waals surface area contributed by atoms with Crippen molar-refractivity contribution in [2.75, 3.05) is 13.1 Å². The normalized spacial score (nSPS) is 15.7. The van der Waals surface area contributed by atoms with E-state index in [9.17, 15) is 4.79 Å². The SMILES string of the molecule is CCCCC(N)C(=O)N1CC(Oc2c(C)cccc2C)C1.Cl. The number of nitrogens with two attached hydrogens (primary N) is 1. The van der Waals surface area contributed by atoms with Crippen molar-refractivity contribution >= 4 is 18.3 Å². The Bertz CT molecular complexity index is 481. The third-order valence-electron chi connectivity index (χ3n) is 4.04. The molecule has 2 N–H and O–H groups in total. The monoisotopic (exact) mass is 326 g/mol. The van der Waals surface area contributed by atoms with E-state index in [1.54, 1.807) is 4.90 Å². The first-order valence-corrected chi connectivity index (χ1v) is 7.80. The number of rotatable bonds is 6. The summed E-state index contributed by atoms with van der Waals surface area (Å²) >= 11 is 0. The number of para-hydroxylation sites is 1. The molecule has 1 heterocycles. The molecule has 1 aliphatic heterocycles. The summed E-state index contributed by atoms with van der Waals surface area (Å²) in [5.74, 6) is 1.01. The van der Waals surface area contributed by atoms with E-state index < -0.39 is 0 Å². The van der Waals surface area contributed by atoms with E-state index >= 15 is 0 Å². The maximum atomic E-state index is 12.1. The second kappa shape index (κ2) is 8.39. The average molecular weight is 327 g/mol. The van der Waals surface area contributed by atoms with E-state index in [1.165, 1.54) is 0 Å². The number of amides is 1. The van der Waals surface area contributed by atoms with E-state index in [4.69, 9.17) is 10.5 Å². The van der Waals surface area contributed by atoms with Crippen molar-refractivity contribution in [3.05, 3.63) is 29.3 Å². The summed E-state index contributed by atoms with van der Waals surface area (Å²) in [6.45, 7) is 7.49. The fraction of sp³-hybridized carbons (Fsp3) is 0.588. The van der Waals surface area contributed by atoms with Crippen molar-refractivity contribution in [1.29, 1.82) is 0 Å². The van der Waals surface area contributed by atoms with Gasteiger partial charge in [0, 0.05) is 0 Å². The lowest BCUT2D eigenvalue weighted by molar-refractivity contribution is -0.141. The molecular weight excluding hydrogens is 300 g/mol. The number of nitrogens with zero attached hydrogens (tertiary/aromatic N) is 1. The van der Waals surface area contributed by atoms with Crippen molar-refractivity contribution in [3.8, 4) is 5.75 Å². The summed E-state index contributed by atoms with van der Waals surface area (Å²) < 4.78 is 6.02. The maximum Gasteiger partial charge on any atom is 0.239 e. The van der Waals surface area contributed by atoms with Gasteiger partial charge in [0.15, 0.2) is 0 Å². The number of likely N-dealkylation sites (tertiary alicyclic amines) is 1. The van der Waals surface area contributed by atoms with Gasteiger partial charge in [0.25, 0.3) is 0 Å². The number of carbonyl (C=O) groups is 1. The number of benzene rings is 1. The number of halogens is 1. The smallest absolute Gasteiger partial charge is 0.239 e. The van der Waals surface area contributed by atoms with Crippen LogP contribution in [0.4, 0.5) is 0 Å². The number of unbranched alkanes of at least 4 members (excludes halogenated alkanes) is 1. The van der Waals surface area contributed by atoms with Gasteiger partial charge in [-0.25, -0.2) is 0 Å². The largest absolute Gasteiger partial charge is 0.486 e. The Morgan fingerprint density at radius 3 is 2.50 bits per heavy atom. The van der Waals surface area contributed by atoms with E-state index in [2.05, 4.69) is 6.92 Å². The Labute approximate surface area is 139 Å².